The number of amides is 1. The van der Waals surface area contributed by atoms with Gasteiger partial charge in [0.15, 0.2) is 4.60 Å². The molecular weight excluding hydrogens is 370 g/mol. The summed E-state index contributed by atoms with van der Waals surface area (Å²) in [6.45, 7) is 0.0840. The highest BCUT2D eigenvalue weighted by Gasteiger charge is 2.42. The van der Waals surface area contributed by atoms with Gasteiger partial charge in [-0.3, -0.25) is 9.59 Å². The third-order valence-corrected chi connectivity index (χ3v) is 5.74. The van der Waals surface area contributed by atoms with Gasteiger partial charge in [-0.05, 0) is 15.9 Å². The average Bonchev–Trinajstić information content (AvgIpc) is 2.71. The van der Waals surface area contributed by atoms with Crippen LogP contribution in [0.4, 0.5) is 0 Å². The molecule has 1 aliphatic rings. The van der Waals surface area contributed by atoms with E-state index in [1.807, 2.05) is 0 Å². The zero-order valence-corrected chi connectivity index (χ0v) is 13.3. The first-order valence-corrected chi connectivity index (χ1v) is 8.05. The van der Waals surface area contributed by atoms with Crippen LogP contribution in [0.2, 0.25) is 0 Å². The van der Waals surface area contributed by atoms with E-state index in [1.54, 1.807) is 0 Å². The fourth-order valence-electron chi connectivity index (χ4n) is 2.05. The van der Waals surface area contributed by atoms with Crippen molar-refractivity contribution in [3.8, 4) is 0 Å². The molecule has 2 heterocycles. The third-order valence-electron chi connectivity index (χ3n) is 2.94. The van der Waals surface area contributed by atoms with Crippen LogP contribution in [0, 0.1) is 0 Å². The second kappa shape index (κ2) is 5.69. The van der Waals surface area contributed by atoms with Crippen LogP contribution < -0.4 is 5.32 Å². The van der Waals surface area contributed by atoms with Crippen molar-refractivity contribution in [2.24, 2.45) is 7.05 Å². The SMILES string of the molecule is Cn1nnc(Br)c1S(=O)(=O)N1CCNC(=O)C1CC(=O)O. The van der Waals surface area contributed by atoms with Crippen molar-refractivity contribution in [1.29, 1.82) is 0 Å². The van der Waals surface area contributed by atoms with Gasteiger partial charge >= 0.3 is 5.97 Å². The van der Waals surface area contributed by atoms with E-state index in [4.69, 9.17) is 5.11 Å². The third kappa shape index (κ3) is 2.91. The molecule has 0 radical (unpaired) electrons. The summed E-state index contributed by atoms with van der Waals surface area (Å²) in [7, 11) is -2.72. The molecule has 2 rings (SSSR count). The minimum atomic E-state index is -4.11. The molecule has 21 heavy (non-hydrogen) atoms. The first-order chi connectivity index (χ1) is 9.75. The van der Waals surface area contributed by atoms with Crippen molar-refractivity contribution in [2.75, 3.05) is 13.1 Å². The Bertz CT molecular complexity index is 667. The van der Waals surface area contributed by atoms with Crippen molar-refractivity contribution in [1.82, 2.24) is 24.6 Å². The van der Waals surface area contributed by atoms with Gasteiger partial charge in [0.05, 0.1) is 6.42 Å². The fourth-order valence-corrected chi connectivity index (χ4v) is 4.67. The van der Waals surface area contributed by atoms with Crippen LogP contribution in [0.1, 0.15) is 6.42 Å². The zero-order valence-electron chi connectivity index (χ0n) is 10.9. The van der Waals surface area contributed by atoms with Crippen LogP contribution in [0.15, 0.2) is 9.63 Å². The summed E-state index contributed by atoms with van der Waals surface area (Å²) in [4.78, 5) is 22.7. The van der Waals surface area contributed by atoms with Gasteiger partial charge in [-0.2, -0.15) is 4.31 Å². The largest absolute Gasteiger partial charge is 0.481 e. The van der Waals surface area contributed by atoms with Crippen molar-refractivity contribution >= 4 is 37.8 Å². The summed E-state index contributed by atoms with van der Waals surface area (Å²) in [6, 6.07) is -1.30. The summed E-state index contributed by atoms with van der Waals surface area (Å²) in [5, 5.41) is 18.3. The topological polar surface area (TPSA) is 134 Å². The first-order valence-electron chi connectivity index (χ1n) is 5.81. The number of aliphatic carboxylic acids is 1. The summed E-state index contributed by atoms with van der Waals surface area (Å²) >= 11 is 2.99. The zero-order chi connectivity index (χ0) is 15.8. The van der Waals surface area contributed by atoms with E-state index in [9.17, 15) is 18.0 Å². The Morgan fingerprint density at radius 3 is 2.76 bits per heavy atom. The molecule has 2 N–H and O–H groups in total. The quantitative estimate of drug-likeness (QED) is 0.650. The monoisotopic (exact) mass is 381 g/mol. The Kier molecular flexibility index (Phi) is 4.30. The molecule has 12 heteroatoms. The van der Waals surface area contributed by atoms with Gasteiger partial charge in [0, 0.05) is 20.1 Å². The summed E-state index contributed by atoms with van der Waals surface area (Å²) in [5.41, 5.74) is 0. The van der Waals surface area contributed by atoms with Crippen LogP contribution >= 0.6 is 15.9 Å². The highest BCUT2D eigenvalue weighted by atomic mass is 79.9. The van der Waals surface area contributed by atoms with Gasteiger partial charge in [-0.15, -0.1) is 5.10 Å². The Morgan fingerprint density at radius 1 is 1.57 bits per heavy atom. The number of hydrogen-bond donors (Lipinski definition) is 2. The number of carbonyl (C=O) groups excluding carboxylic acids is 1. The number of carboxylic acid groups (broad SMARTS) is 1. The van der Waals surface area contributed by atoms with E-state index in [0.29, 0.717) is 0 Å². The minimum absolute atomic E-state index is 0.00468. The highest BCUT2D eigenvalue weighted by molar-refractivity contribution is 9.10. The first kappa shape index (κ1) is 15.9. The number of nitrogens with zero attached hydrogens (tertiary/aromatic N) is 4. The molecule has 0 spiro atoms. The molecule has 10 nitrogen and oxygen atoms in total. The normalized spacial score (nSPS) is 20.3. The molecule has 0 bridgehead atoms. The number of sulfonamides is 1. The standard InChI is InChI=1S/C9H12BrN5O5S/c1-14-9(7(10)12-13-14)21(19,20)15-3-2-11-8(18)5(15)4-6(16)17/h5H,2-4H2,1H3,(H,11,18)(H,16,17). The predicted octanol–water partition coefficient (Wildman–Crippen LogP) is -1.46. The molecule has 0 aliphatic carbocycles. The Labute approximate surface area is 128 Å². The molecule has 116 valence electrons. The van der Waals surface area contributed by atoms with Gasteiger partial charge in [-0.1, -0.05) is 5.21 Å². The molecule has 0 saturated carbocycles. The predicted molar refractivity (Wildman–Crippen MR) is 71.6 cm³/mol. The second-order valence-electron chi connectivity index (χ2n) is 4.33. The molecule has 1 aromatic rings. The van der Waals surface area contributed by atoms with E-state index in [2.05, 4.69) is 31.6 Å². The van der Waals surface area contributed by atoms with Crippen molar-refractivity contribution in [3.63, 3.8) is 0 Å². The van der Waals surface area contributed by atoms with Gasteiger partial charge in [0.25, 0.3) is 10.0 Å². The number of aromatic nitrogens is 3. The minimum Gasteiger partial charge on any atom is -0.481 e. The number of carbonyl (C=O) groups is 2. The lowest BCUT2D eigenvalue weighted by molar-refractivity contribution is -0.141. The molecule has 1 amide bonds. The Balaban J connectivity index is 2.46. The van der Waals surface area contributed by atoms with Crippen LogP contribution in [0.3, 0.4) is 0 Å². The lowest BCUT2D eigenvalue weighted by atomic mass is 10.1. The molecule has 1 atom stereocenters. The summed E-state index contributed by atoms with van der Waals surface area (Å²) in [6.07, 6.45) is -0.617. The van der Waals surface area contributed by atoms with Crippen molar-refractivity contribution in [2.45, 2.75) is 17.5 Å². The van der Waals surface area contributed by atoms with Crippen LogP contribution in [0.25, 0.3) is 0 Å². The summed E-state index contributed by atoms with van der Waals surface area (Å²) < 4.78 is 27.2. The lowest BCUT2D eigenvalue weighted by Gasteiger charge is -2.32. The lowest BCUT2D eigenvalue weighted by Crippen LogP contribution is -2.57. The second-order valence-corrected chi connectivity index (χ2v) is 6.89. The molecule has 1 aromatic heterocycles. The smallest absolute Gasteiger partial charge is 0.305 e. The Morgan fingerprint density at radius 2 is 2.24 bits per heavy atom. The average molecular weight is 382 g/mol. The number of aryl methyl sites for hydroxylation is 1. The maximum absolute atomic E-state index is 12.6. The molecule has 0 aromatic carbocycles. The highest BCUT2D eigenvalue weighted by Crippen LogP contribution is 2.25. The summed E-state index contributed by atoms with van der Waals surface area (Å²) in [5.74, 6) is -1.90. The number of nitrogens with one attached hydrogen (secondary N) is 1. The fraction of sp³-hybridized carbons (Fsp3) is 0.556. The van der Waals surface area contributed by atoms with Crippen molar-refractivity contribution in [3.05, 3.63) is 4.60 Å². The number of hydrogen-bond acceptors (Lipinski definition) is 6. The maximum Gasteiger partial charge on any atom is 0.305 e. The van der Waals surface area contributed by atoms with Gasteiger partial charge < -0.3 is 10.4 Å². The van der Waals surface area contributed by atoms with Crippen molar-refractivity contribution < 1.29 is 23.1 Å². The molecule has 1 unspecified atom stereocenters. The van der Waals surface area contributed by atoms with E-state index in [0.717, 1.165) is 8.99 Å². The van der Waals surface area contributed by atoms with E-state index in [-0.39, 0.29) is 22.7 Å². The van der Waals surface area contributed by atoms with E-state index >= 15 is 0 Å². The number of halogens is 1. The van der Waals surface area contributed by atoms with Crippen LogP contribution in [-0.4, -0.2) is 63.8 Å². The van der Waals surface area contributed by atoms with E-state index in [1.165, 1.54) is 7.05 Å². The maximum atomic E-state index is 12.6. The van der Waals surface area contributed by atoms with Gasteiger partial charge in [0.2, 0.25) is 10.9 Å². The number of rotatable bonds is 4. The van der Waals surface area contributed by atoms with Crippen LogP contribution in [0.5, 0.6) is 0 Å². The van der Waals surface area contributed by atoms with Gasteiger partial charge in [0.1, 0.15) is 6.04 Å². The number of piperazine rings is 1. The molecule has 1 aliphatic heterocycles. The molecule has 1 saturated heterocycles. The Hall–Kier alpha value is -1.53. The van der Waals surface area contributed by atoms with Gasteiger partial charge in [-0.25, -0.2) is 13.1 Å². The number of carboxylic acids is 1. The molecule has 1 fully saturated rings. The van der Waals surface area contributed by atoms with Crippen LogP contribution in [-0.2, 0) is 26.7 Å². The molecular formula is C9H12BrN5O5S. The van der Waals surface area contributed by atoms with E-state index < -0.39 is 34.4 Å².